The Morgan fingerprint density at radius 1 is 1.37 bits per heavy atom. The van der Waals surface area contributed by atoms with Crippen molar-refractivity contribution < 1.29 is 9.59 Å². The Hall–Kier alpha value is -1.32. The van der Waals surface area contributed by atoms with E-state index in [0.717, 1.165) is 18.4 Å². The van der Waals surface area contributed by atoms with Crippen molar-refractivity contribution in [1.82, 2.24) is 10.2 Å². The Morgan fingerprint density at radius 3 is 2.68 bits per heavy atom. The predicted molar refractivity (Wildman–Crippen MR) is 74.5 cm³/mol. The normalized spacial score (nSPS) is 24.6. The van der Waals surface area contributed by atoms with Gasteiger partial charge in [0.15, 0.2) is 0 Å². The van der Waals surface area contributed by atoms with Gasteiger partial charge in [0, 0.05) is 25.6 Å². The van der Waals surface area contributed by atoms with E-state index in [9.17, 15) is 9.59 Å². The quantitative estimate of drug-likeness (QED) is 0.788. The second-order valence-corrected chi connectivity index (χ2v) is 5.89. The lowest BCUT2D eigenvalue weighted by Crippen LogP contribution is -2.49. The standard InChI is InChI=1S/C15H24N2O2/c1-11(2)9-16-15(19)12-7-8-14(18)17(10-12)13-5-3-4-6-13/h12-13H,1,3-10H2,2H3,(H,16,19)/t12-/m0/s1. The maximum Gasteiger partial charge on any atom is 0.225 e. The average molecular weight is 264 g/mol. The molecule has 1 aliphatic heterocycles. The number of nitrogens with zero attached hydrogens (tertiary/aromatic N) is 1. The minimum atomic E-state index is -0.0438. The first-order chi connectivity index (χ1) is 9.08. The molecule has 0 spiro atoms. The maximum absolute atomic E-state index is 12.1. The van der Waals surface area contributed by atoms with Gasteiger partial charge in [-0.1, -0.05) is 25.0 Å². The largest absolute Gasteiger partial charge is 0.352 e. The van der Waals surface area contributed by atoms with Gasteiger partial charge in [-0.2, -0.15) is 0 Å². The first-order valence-electron chi connectivity index (χ1n) is 7.29. The van der Waals surface area contributed by atoms with Gasteiger partial charge in [0.25, 0.3) is 0 Å². The summed E-state index contributed by atoms with van der Waals surface area (Å²) in [5, 5.41) is 2.90. The van der Waals surface area contributed by atoms with E-state index < -0.39 is 0 Å². The fraction of sp³-hybridized carbons (Fsp3) is 0.733. The van der Waals surface area contributed by atoms with Gasteiger partial charge in [0.1, 0.15) is 0 Å². The molecule has 2 amide bonds. The third-order valence-corrected chi connectivity index (χ3v) is 4.14. The third-order valence-electron chi connectivity index (χ3n) is 4.14. The van der Waals surface area contributed by atoms with Crippen LogP contribution in [0.4, 0.5) is 0 Å². The van der Waals surface area contributed by atoms with E-state index >= 15 is 0 Å². The summed E-state index contributed by atoms with van der Waals surface area (Å²) in [5.74, 6) is 0.256. The maximum atomic E-state index is 12.1. The van der Waals surface area contributed by atoms with Crippen molar-refractivity contribution in [3.8, 4) is 0 Å². The second kappa shape index (κ2) is 6.22. The summed E-state index contributed by atoms with van der Waals surface area (Å²) in [4.78, 5) is 26.0. The van der Waals surface area contributed by atoms with E-state index in [1.165, 1.54) is 12.8 Å². The van der Waals surface area contributed by atoms with Crippen molar-refractivity contribution in [2.75, 3.05) is 13.1 Å². The van der Waals surface area contributed by atoms with Crippen LogP contribution in [0.15, 0.2) is 12.2 Å². The predicted octanol–water partition coefficient (Wildman–Crippen LogP) is 1.86. The van der Waals surface area contributed by atoms with Crippen LogP contribution >= 0.6 is 0 Å². The molecule has 106 valence electrons. The van der Waals surface area contributed by atoms with Gasteiger partial charge < -0.3 is 10.2 Å². The molecule has 1 atom stereocenters. The zero-order chi connectivity index (χ0) is 13.8. The van der Waals surface area contributed by atoms with Crippen LogP contribution < -0.4 is 5.32 Å². The summed E-state index contributed by atoms with van der Waals surface area (Å²) in [7, 11) is 0. The molecule has 19 heavy (non-hydrogen) atoms. The van der Waals surface area contributed by atoms with Gasteiger partial charge in [-0.05, 0) is 26.2 Å². The molecule has 0 aromatic carbocycles. The van der Waals surface area contributed by atoms with Crippen molar-refractivity contribution in [1.29, 1.82) is 0 Å². The SMILES string of the molecule is C=C(C)CNC(=O)[C@H]1CCC(=O)N(C2CCCC2)C1. The Labute approximate surface area is 115 Å². The number of hydrogen-bond acceptors (Lipinski definition) is 2. The molecule has 0 bridgehead atoms. The molecule has 0 aromatic heterocycles. The molecule has 1 N–H and O–H groups in total. The first kappa shape index (κ1) is 14.1. The average Bonchev–Trinajstić information content (AvgIpc) is 2.90. The second-order valence-electron chi connectivity index (χ2n) is 5.89. The summed E-state index contributed by atoms with van der Waals surface area (Å²) in [5.41, 5.74) is 0.952. The Bertz CT molecular complexity index is 372. The minimum absolute atomic E-state index is 0.0438. The lowest BCUT2D eigenvalue weighted by molar-refractivity contribution is -0.140. The van der Waals surface area contributed by atoms with Crippen LogP contribution in [0.3, 0.4) is 0 Å². The van der Waals surface area contributed by atoms with E-state index in [-0.39, 0.29) is 17.7 Å². The number of carbonyl (C=O) groups is 2. The lowest BCUT2D eigenvalue weighted by Gasteiger charge is -2.36. The van der Waals surface area contributed by atoms with Crippen LogP contribution in [-0.2, 0) is 9.59 Å². The minimum Gasteiger partial charge on any atom is -0.352 e. The van der Waals surface area contributed by atoms with Crippen molar-refractivity contribution >= 4 is 11.8 Å². The monoisotopic (exact) mass is 264 g/mol. The van der Waals surface area contributed by atoms with Gasteiger partial charge in [0.2, 0.25) is 11.8 Å². The molecule has 0 unspecified atom stereocenters. The first-order valence-corrected chi connectivity index (χ1v) is 7.29. The summed E-state index contributed by atoms with van der Waals surface area (Å²) >= 11 is 0. The fourth-order valence-corrected chi connectivity index (χ4v) is 3.04. The number of piperidine rings is 1. The molecule has 0 radical (unpaired) electrons. The van der Waals surface area contributed by atoms with Gasteiger partial charge in [0.05, 0.1) is 5.92 Å². The molecule has 1 saturated heterocycles. The molecule has 2 rings (SSSR count). The smallest absolute Gasteiger partial charge is 0.225 e. The van der Waals surface area contributed by atoms with Crippen molar-refractivity contribution in [2.45, 2.75) is 51.5 Å². The number of likely N-dealkylation sites (tertiary alicyclic amines) is 1. The molecular formula is C15H24N2O2. The molecule has 1 aliphatic carbocycles. The highest BCUT2D eigenvalue weighted by Gasteiger charge is 2.34. The molecule has 1 saturated carbocycles. The van der Waals surface area contributed by atoms with Gasteiger partial charge in [-0.3, -0.25) is 9.59 Å². The topological polar surface area (TPSA) is 49.4 Å². The summed E-state index contributed by atoms with van der Waals surface area (Å²) in [6, 6.07) is 0.379. The number of nitrogens with one attached hydrogen (secondary N) is 1. The highest BCUT2D eigenvalue weighted by Crippen LogP contribution is 2.28. The van der Waals surface area contributed by atoms with E-state index in [4.69, 9.17) is 0 Å². The summed E-state index contributed by atoms with van der Waals surface area (Å²) < 4.78 is 0. The Kier molecular flexibility index (Phi) is 4.61. The van der Waals surface area contributed by atoms with Gasteiger partial charge in [-0.25, -0.2) is 0 Å². The van der Waals surface area contributed by atoms with E-state index in [1.54, 1.807) is 0 Å². The van der Waals surface area contributed by atoms with Crippen LogP contribution in [0.1, 0.15) is 45.4 Å². The molecule has 4 nitrogen and oxygen atoms in total. The molecule has 2 fully saturated rings. The number of hydrogen-bond donors (Lipinski definition) is 1. The fourth-order valence-electron chi connectivity index (χ4n) is 3.04. The third kappa shape index (κ3) is 3.58. The van der Waals surface area contributed by atoms with E-state index in [1.807, 2.05) is 11.8 Å². The molecule has 1 heterocycles. The van der Waals surface area contributed by atoms with Crippen LogP contribution in [0.5, 0.6) is 0 Å². The zero-order valence-electron chi connectivity index (χ0n) is 11.8. The molecule has 4 heteroatoms. The Morgan fingerprint density at radius 2 is 2.05 bits per heavy atom. The number of rotatable bonds is 4. The van der Waals surface area contributed by atoms with Gasteiger partial charge in [-0.15, -0.1) is 0 Å². The highest BCUT2D eigenvalue weighted by atomic mass is 16.2. The van der Waals surface area contributed by atoms with Crippen LogP contribution in [0.2, 0.25) is 0 Å². The number of amides is 2. The molecule has 2 aliphatic rings. The summed E-state index contributed by atoms with van der Waals surface area (Å²) in [6.45, 7) is 6.82. The van der Waals surface area contributed by atoms with Crippen LogP contribution in [-0.4, -0.2) is 35.8 Å². The molecule has 0 aromatic rings. The van der Waals surface area contributed by atoms with Crippen molar-refractivity contribution in [2.24, 2.45) is 5.92 Å². The number of carbonyl (C=O) groups excluding carboxylic acids is 2. The van der Waals surface area contributed by atoms with Crippen LogP contribution in [0.25, 0.3) is 0 Å². The summed E-state index contributed by atoms with van der Waals surface area (Å²) in [6.07, 6.45) is 5.82. The van der Waals surface area contributed by atoms with E-state index in [0.29, 0.717) is 32.0 Å². The van der Waals surface area contributed by atoms with Crippen molar-refractivity contribution in [3.05, 3.63) is 12.2 Å². The molecular weight excluding hydrogens is 240 g/mol. The lowest BCUT2D eigenvalue weighted by atomic mass is 9.95. The van der Waals surface area contributed by atoms with Crippen molar-refractivity contribution in [3.63, 3.8) is 0 Å². The van der Waals surface area contributed by atoms with Crippen LogP contribution in [0, 0.1) is 5.92 Å². The zero-order valence-corrected chi connectivity index (χ0v) is 11.8. The van der Waals surface area contributed by atoms with E-state index in [2.05, 4.69) is 11.9 Å². The Balaban J connectivity index is 1.90. The van der Waals surface area contributed by atoms with Gasteiger partial charge >= 0.3 is 0 Å². The highest BCUT2D eigenvalue weighted by molar-refractivity contribution is 5.84.